The molecule has 9 heteroatoms. The molecule has 1 amide bonds. The largest absolute Gasteiger partial charge is 0.369 e. The molecule has 29 heavy (non-hydrogen) atoms. The lowest BCUT2D eigenvalue weighted by Gasteiger charge is -2.33. The molecule has 1 fully saturated rings. The van der Waals surface area contributed by atoms with Crippen LogP contribution in [0.4, 0.5) is 5.82 Å². The van der Waals surface area contributed by atoms with E-state index < -0.39 is 0 Å². The van der Waals surface area contributed by atoms with Crippen molar-refractivity contribution in [2.45, 2.75) is 32.9 Å². The number of aromatic nitrogens is 2. The minimum Gasteiger partial charge on any atom is -0.369 e. The number of aryl methyl sites for hydroxylation is 1. The molecule has 1 aliphatic heterocycles. The number of hydrogen-bond acceptors (Lipinski definition) is 6. The highest BCUT2D eigenvalue weighted by molar-refractivity contribution is 7.09. The maximum Gasteiger partial charge on any atom is 0.222 e. The molecule has 0 bridgehead atoms. The van der Waals surface area contributed by atoms with E-state index in [9.17, 15) is 4.79 Å². The van der Waals surface area contributed by atoms with Crippen LogP contribution in [0.5, 0.6) is 0 Å². The molecule has 3 heterocycles. The molecule has 0 aliphatic carbocycles. The predicted molar refractivity (Wildman–Crippen MR) is 117 cm³/mol. The first-order chi connectivity index (χ1) is 14.0. The van der Waals surface area contributed by atoms with E-state index in [0.717, 1.165) is 47.4 Å². The van der Waals surface area contributed by atoms with Crippen LogP contribution in [0.1, 0.15) is 29.1 Å². The number of carbonyl (C=O) groups is 1. The minimum atomic E-state index is -0.232. The number of primary amides is 1. The number of nitrogens with one attached hydrogen (secondary N) is 1. The van der Waals surface area contributed by atoms with E-state index in [1.807, 2.05) is 20.0 Å². The first-order valence-electron chi connectivity index (χ1n) is 9.79. The van der Waals surface area contributed by atoms with Crippen LogP contribution in [-0.4, -0.2) is 53.9 Å². The van der Waals surface area contributed by atoms with E-state index in [-0.39, 0.29) is 11.8 Å². The zero-order chi connectivity index (χ0) is 20.8. The monoisotopic (exact) mass is 415 g/mol. The van der Waals surface area contributed by atoms with Crippen molar-refractivity contribution < 1.29 is 4.79 Å². The van der Waals surface area contributed by atoms with E-state index in [1.165, 1.54) is 0 Å². The van der Waals surface area contributed by atoms with Crippen molar-refractivity contribution >= 4 is 29.0 Å². The lowest BCUT2D eigenvalue weighted by Crippen LogP contribution is -2.42. The molecule has 1 atom stereocenters. The first-order valence-corrected chi connectivity index (χ1v) is 10.7. The van der Waals surface area contributed by atoms with E-state index in [1.54, 1.807) is 24.6 Å². The Morgan fingerprint density at radius 1 is 1.52 bits per heavy atom. The summed E-state index contributed by atoms with van der Waals surface area (Å²) in [6.45, 7) is 4.79. The number of guanidine groups is 1. The number of aliphatic imine (C=N–C) groups is 1. The van der Waals surface area contributed by atoms with Crippen molar-refractivity contribution in [3.8, 4) is 0 Å². The Balaban J connectivity index is 1.66. The number of anilines is 1. The number of piperidine rings is 1. The number of carbonyl (C=O) groups excluding carboxylic acids is 1. The van der Waals surface area contributed by atoms with Gasteiger partial charge in [-0.25, -0.2) is 9.97 Å². The highest BCUT2D eigenvalue weighted by Crippen LogP contribution is 2.24. The van der Waals surface area contributed by atoms with Crippen LogP contribution < -0.4 is 16.0 Å². The first kappa shape index (κ1) is 21.0. The van der Waals surface area contributed by atoms with Crippen LogP contribution in [-0.2, 0) is 17.9 Å². The van der Waals surface area contributed by atoms with E-state index in [0.29, 0.717) is 19.6 Å². The van der Waals surface area contributed by atoms with Crippen molar-refractivity contribution in [2.24, 2.45) is 16.6 Å². The molecule has 0 spiro atoms. The molecule has 1 aliphatic rings. The van der Waals surface area contributed by atoms with E-state index in [4.69, 9.17) is 5.73 Å². The minimum absolute atomic E-state index is 0.118. The zero-order valence-electron chi connectivity index (χ0n) is 17.3. The maximum atomic E-state index is 11.6. The van der Waals surface area contributed by atoms with Crippen LogP contribution >= 0.6 is 11.3 Å². The van der Waals surface area contributed by atoms with Crippen molar-refractivity contribution in [1.29, 1.82) is 0 Å². The van der Waals surface area contributed by atoms with E-state index in [2.05, 4.69) is 41.5 Å². The Kier molecular flexibility index (Phi) is 7.03. The molecule has 0 saturated carbocycles. The molecule has 1 unspecified atom stereocenters. The normalized spacial score (nSPS) is 17.3. The fraction of sp³-hybridized carbons (Fsp3) is 0.500. The van der Waals surface area contributed by atoms with Crippen LogP contribution in [0.15, 0.2) is 28.7 Å². The fourth-order valence-electron chi connectivity index (χ4n) is 3.61. The lowest BCUT2D eigenvalue weighted by atomic mass is 9.97. The van der Waals surface area contributed by atoms with Gasteiger partial charge in [-0.1, -0.05) is 6.07 Å². The standard InChI is InChI=1S/C20H29N7OS/c1-14-25-17(13-29-14)12-26(3)20(22-2)24-10-15-6-4-8-23-19(15)27-9-5-7-16(11-27)18(21)28/h4,6,8,13,16H,5,7,9-12H2,1-3H3,(H2,21,28)(H,22,24). The van der Waals surface area contributed by atoms with Gasteiger partial charge in [0, 0.05) is 50.9 Å². The van der Waals surface area contributed by atoms with Gasteiger partial charge in [-0.3, -0.25) is 9.79 Å². The molecule has 8 nitrogen and oxygen atoms in total. The molecule has 2 aromatic heterocycles. The summed E-state index contributed by atoms with van der Waals surface area (Å²) in [6.07, 6.45) is 3.58. The van der Waals surface area contributed by atoms with Gasteiger partial charge in [0.15, 0.2) is 5.96 Å². The maximum absolute atomic E-state index is 11.6. The summed E-state index contributed by atoms with van der Waals surface area (Å²) in [5, 5.41) is 6.55. The third kappa shape index (κ3) is 5.44. The molecule has 0 radical (unpaired) electrons. The van der Waals surface area contributed by atoms with Crippen molar-refractivity contribution in [2.75, 3.05) is 32.1 Å². The quantitative estimate of drug-likeness (QED) is 0.551. The third-order valence-corrected chi connectivity index (χ3v) is 5.89. The summed E-state index contributed by atoms with van der Waals surface area (Å²) in [7, 11) is 3.77. The van der Waals surface area contributed by atoms with Crippen molar-refractivity contribution in [1.82, 2.24) is 20.2 Å². The Hall–Kier alpha value is -2.68. The summed E-state index contributed by atoms with van der Waals surface area (Å²) in [6, 6.07) is 3.99. The van der Waals surface area contributed by atoms with Crippen molar-refractivity contribution in [3.63, 3.8) is 0 Å². The molecule has 1 saturated heterocycles. The van der Waals surface area contributed by atoms with Gasteiger partial charge in [-0.05, 0) is 25.8 Å². The number of nitrogens with two attached hydrogens (primary N) is 1. The van der Waals surface area contributed by atoms with Crippen LogP contribution in [0.25, 0.3) is 0 Å². The van der Waals surface area contributed by atoms with Gasteiger partial charge in [0.1, 0.15) is 5.82 Å². The second-order valence-electron chi connectivity index (χ2n) is 7.29. The fourth-order valence-corrected chi connectivity index (χ4v) is 4.22. The van der Waals surface area contributed by atoms with E-state index >= 15 is 0 Å². The average molecular weight is 416 g/mol. The molecular formula is C20H29N7OS. The van der Waals surface area contributed by atoms with Gasteiger partial charge < -0.3 is 20.9 Å². The van der Waals surface area contributed by atoms with Gasteiger partial charge in [-0.2, -0.15) is 0 Å². The summed E-state index contributed by atoms with van der Waals surface area (Å²) >= 11 is 1.65. The second-order valence-corrected chi connectivity index (χ2v) is 8.35. The van der Waals surface area contributed by atoms with Gasteiger partial charge in [0.25, 0.3) is 0 Å². The Morgan fingerprint density at radius 3 is 3.03 bits per heavy atom. The molecule has 156 valence electrons. The topological polar surface area (TPSA) is 99.7 Å². The Morgan fingerprint density at radius 2 is 2.34 bits per heavy atom. The van der Waals surface area contributed by atoms with Gasteiger partial charge >= 0.3 is 0 Å². The number of pyridine rings is 1. The second kappa shape index (κ2) is 9.69. The van der Waals surface area contributed by atoms with Crippen LogP contribution in [0.3, 0.4) is 0 Å². The third-order valence-electron chi connectivity index (χ3n) is 5.07. The highest BCUT2D eigenvalue weighted by atomic mass is 32.1. The van der Waals surface area contributed by atoms with Crippen LogP contribution in [0.2, 0.25) is 0 Å². The molecule has 3 N–H and O–H groups in total. The number of amides is 1. The number of nitrogens with zero attached hydrogens (tertiary/aromatic N) is 5. The summed E-state index contributed by atoms with van der Waals surface area (Å²) in [5.74, 6) is 1.34. The number of hydrogen-bond donors (Lipinski definition) is 2. The zero-order valence-corrected chi connectivity index (χ0v) is 18.1. The molecule has 0 aromatic carbocycles. The summed E-state index contributed by atoms with van der Waals surface area (Å²) in [4.78, 5) is 29.4. The smallest absolute Gasteiger partial charge is 0.222 e. The number of thiazole rings is 1. The Bertz CT molecular complexity index is 866. The van der Waals surface area contributed by atoms with Gasteiger partial charge in [-0.15, -0.1) is 11.3 Å². The highest BCUT2D eigenvalue weighted by Gasteiger charge is 2.26. The summed E-state index contributed by atoms with van der Waals surface area (Å²) in [5.41, 5.74) is 7.64. The molecular weight excluding hydrogens is 386 g/mol. The lowest BCUT2D eigenvalue weighted by molar-refractivity contribution is -0.122. The number of rotatable bonds is 6. The van der Waals surface area contributed by atoms with Gasteiger partial charge in [0.2, 0.25) is 5.91 Å². The van der Waals surface area contributed by atoms with Gasteiger partial charge in [0.05, 0.1) is 23.2 Å². The predicted octanol–water partition coefficient (Wildman–Crippen LogP) is 1.76. The van der Waals surface area contributed by atoms with Crippen molar-refractivity contribution in [3.05, 3.63) is 40.0 Å². The Labute approximate surface area is 175 Å². The summed E-state index contributed by atoms with van der Waals surface area (Å²) < 4.78 is 0. The van der Waals surface area contributed by atoms with Crippen LogP contribution in [0, 0.1) is 12.8 Å². The average Bonchev–Trinajstić information content (AvgIpc) is 3.13. The SMILES string of the molecule is CN=C(NCc1cccnc1N1CCCC(C(N)=O)C1)N(C)Cc1csc(C)n1. The molecule has 2 aromatic rings. The molecule has 3 rings (SSSR count).